The van der Waals surface area contributed by atoms with E-state index < -0.39 is 0 Å². The number of nitrogens with one attached hydrogen (secondary N) is 1. The Kier molecular flexibility index (Phi) is 6.21. The summed E-state index contributed by atoms with van der Waals surface area (Å²) in [4.78, 5) is 17.8. The third-order valence-corrected chi connectivity index (χ3v) is 5.52. The highest BCUT2D eigenvalue weighted by Crippen LogP contribution is 2.32. The van der Waals surface area contributed by atoms with Crippen molar-refractivity contribution in [2.45, 2.75) is 20.8 Å². The molecule has 0 aliphatic carbocycles. The summed E-state index contributed by atoms with van der Waals surface area (Å²) in [5, 5.41) is 4.01. The number of carbonyl (C=O) groups excluding carboxylic acids is 1. The maximum atomic E-state index is 12.2. The van der Waals surface area contributed by atoms with Crippen molar-refractivity contribution in [3.05, 3.63) is 57.4 Å². The van der Waals surface area contributed by atoms with Gasteiger partial charge in [0.1, 0.15) is 11.5 Å². The molecule has 0 aliphatic heterocycles. The molecule has 0 aliphatic rings. The van der Waals surface area contributed by atoms with E-state index in [2.05, 4.69) is 10.3 Å². The molecule has 28 heavy (non-hydrogen) atoms. The topological polar surface area (TPSA) is 60.5 Å². The van der Waals surface area contributed by atoms with Gasteiger partial charge in [0.15, 0.2) is 11.7 Å². The number of rotatable bonds is 6. The normalized spacial score (nSPS) is 10.6. The van der Waals surface area contributed by atoms with Crippen molar-refractivity contribution in [3.8, 4) is 22.8 Å². The fraction of sp³-hybridized carbons (Fsp3) is 0.238. The van der Waals surface area contributed by atoms with Crippen molar-refractivity contribution in [1.29, 1.82) is 0 Å². The highest BCUT2D eigenvalue weighted by molar-refractivity contribution is 7.16. The van der Waals surface area contributed by atoms with Gasteiger partial charge < -0.3 is 9.47 Å². The molecule has 0 bridgehead atoms. The molecular formula is C21H21ClN2O3S. The molecule has 0 saturated carbocycles. The Balaban J connectivity index is 1.66. The molecule has 1 aromatic heterocycles. The van der Waals surface area contributed by atoms with Gasteiger partial charge in [0.05, 0.1) is 12.8 Å². The Bertz CT molecular complexity index is 1020. The number of anilines is 1. The molecule has 146 valence electrons. The van der Waals surface area contributed by atoms with E-state index in [9.17, 15) is 4.79 Å². The second-order valence-corrected chi connectivity index (χ2v) is 7.97. The number of ether oxygens (including phenoxy) is 2. The molecule has 5 nitrogen and oxygen atoms in total. The quantitative estimate of drug-likeness (QED) is 0.583. The number of aromatic nitrogens is 1. The van der Waals surface area contributed by atoms with Crippen molar-refractivity contribution in [2.75, 3.05) is 19.0 Å². The maximum Gasteiger partial charge on any atom is 0.264 e. The van der Waals surface area contributed by atoms with Gasteiger partial charge in [-0.25, -0.2) is 4.98 Å². The van der Waals surface area contributed by atoms with Gasteiger partial charge in [-0.2, -0.15) is 0 Å². The zero-order valence-corrected chi connectivity index (χ0v) is 17.7. The Morgan fingerprint density at radius 3 is 2.61 bits per heavy atom. The SMILES string of the molecule is COc1ccc(-c2nc(NC(=O)COc3ccc(Cl)c(C)c3)sc2C)cc1C. The summed E-state index contributed by atoms with van der Waals surface area (Å²) >= 11 is 7.43. The van der Waals surface area contributed by atoms with Crippen molar-refractivity contribution < 1.29 is 14.3 Å². The van der Waals surface area contributed by atoms with Gasteiger partial charge in [-0.15, -0.1) is 11.3 Å². The minimum absolute atomic E-state index is 0.101. The smallest absolute Gasteiger partial charge is 0.264 e. The van der Waals surface area contributed by atoms with Gasteiger partial charge in [0.25, 0.3) is 5.91 Å². The fourth-order valence-electron chi connectivity index (χ4n) is 2.75. The van der Waals surface area contributed by atoms with Gasteiger partial charge >= 0.3 is 0 Å². The Labute approximate surface area is 173 Å². The van der Waals surface area contributed by atoms with Crippen LogP contribution in [0.1, 0.15) is 16.0 Å². The summed E-state index contributed by atoms with van der Waals surface area (Å²) in [6.07, 6.45) is 0. The average Bonchev–Trinajstić information content (AvgIpc) is 3.02. The maximum absolute atomic E-state index is 12.2. The van der Waals surface area contributed by atoms with Crippen LogP contribution in [-0.4, -0.2) is 24.6 Å². The Hall–Kier alpha value is -2.57. The molecule has 3 rings (SSSR count). The number of aryl methyl sites for hydroxylation is 3. The predicted molar refractivity (Wildman–Crippen MR) is 114 cm³/mol. The van der Waals surface area contributed by atoms with Crippen molar-refractivity contribution >= 4 is 34.0 Å². The lowest BCUT2D eigenvalue weighted by Gasteiger charge is -2.07. The largest absolute Gasteiger partial charge is 0.496 e. The van der Waals surface area contributed by atoms with E-state index in [4.69, 9.17) is 21.1 Å². The molecule has 0 unspecified atom stereocenters. The number of thiazole rings is 1. The molecular weight excluding hydrogens is 396 g/mol. The molecule has 2 aromatic carbocycles. The third kappa shape index (κ3) is 4.64. The van der Waals surface area contributed by atoms with Crippen molar-refractivity contribution in [1.82, 2.24) is 4.98 Å². The van der Waals surface area contributed by atoms with Crippen LogP contribution in [0.2, 0.25) is 5.02 Å². The molecule has 0 atom stereocenters. The Morgan fingerprint density at radius 2 is 1.93 bits per heavy atom. The number of carbonyl (C=O) groups is 1. The third-order valence-electron chi connectivity index (χ3n) is 4.21. The minimum atomic E-state index is -0.265. The first kappa shape index (κ1) is 20.2. The number of nitrogens with zero attached hydrogens (tertiary/aromatic N) is 1. The lowest BCUT2D eigenvalue weighted by Crippen LogP contribution is -2.20. The van der Waals surface area contributed by atoms with Crippen molar-refractivity contribution in [2.24, 2.45) is 0 Å². The fourth-order valence-corrected chi connectivity index (χ4v) is 3.72. The van der Waals surface area contributed by atoms with Gasteiger partial charge in [-0.05, 0) is 68.3 Å². The monoisotopic (exact) mass is 416 g/mol. The lowest BCUT2D eigenvalue weighted by molar-refractivity contribution is -0.118. The zero-order valence-electron chi connectivity index (χ0n) is 16.1. The summed E-state index contributed by atoms with van der Waals surface area (Å²) in [6, 6.07) is 11.2. The van der Waals surface area contributed by atoms with E-state index in [0.717, 1.165) is 33.0 Å². The second kappa shape index (κ2) is 8.63. The van der Waals surface area contributed by atoms with Crippen LogP contribution >= 0.6 is 22.9 Å². The van der Waals surface area contributed by atoms with Gasteiger partial charge in [-0.3, -0.25) is 10.1 Å². The van der Waals surface area contributed by atoms with E-state index in [0.29, 0.717) is 15.9 Å². The molecule has 0 saturated heterocycles. The van der Waals surface area contributed by atoms with Gasteiger partial charge in [0, 0.05) is 15.5 Å². The number of benzene rings is 2. The first-order chi connectivity index (χ1) is 13.4. The highest BCUT2D eigenvalue weighted by Gasteiger charge is 2.14. The van der Waals surface area contributed by atoms with Gasteiger partial charge in [-0.1, -0.05) is 11.6 Å². The number of hydrogen-bond acceptors (Lipinski definition) is 5. The molecule has 3 aromatic rings. The predicted octanol–water partition coefficient (Wildman–Crippen LogP) is 5.41. The molecule has 1 N–H and O–H groups in total. The number of amides is 1. The van der Waals surface area contributed by atoms with Crippen LogP contribution in [0.3, 0.4) is 0 Å². The summed E-state index contributed by atoms with van der Waals surface area (Å²) < 4.78 is 10.8. The van der Waals surface area contributed by atoms with Crippen LogP contribution in [-0.2, 0) is 4.79 Å². The molecule has 1 amide bonds. The number of methoxy groups -OCH3 is 1. The van der Waals surface area contributed by atoms with Crippen molar-refractivity contribution in [3.63, 3.8) is 0 Å². The second-order valence-electron chi connectivity index (χ2n) is 6.36. The van der Waals surface area contributed by atoms with Crippen LogP contribution < -0.4 is 14.8 Å². The van der Waals surface area contributed by atoms with Crippen LogP contribution in [0.25, 0.3) is 11.3 Å². The van der Waals surface area contributed by atoms with Crippen LogP contribution in [0, 0.1) is 20.8 Å². The summed E-state index contributed by atoms with van der Waals surface area (Å²) in [5.74, 6) is 1.17. The number of halogens is 1. The molecule has 0 fully saturated rings. The van der Waals surface area contributed by atoms with Gasteiger partial charge in [0.2, 0.25) is 0 Å². The standard InChI is InChI=1S/C21H21ClN2O3S/c1-12-10-16(6-7-17(12)22)27-11-19(25)23-21-24-20(14(3)28-21)15-5-8-18(26-4)13(2)9-15/h5-10H,11H2,1-4H3,(H,23,24,25). The minimum Gasteiger partial charge on any atom is -0.496 e. The highest BCUT2D eigenvalue weighted by atomic mass is 35.5. The van der Waals surface area contributed by atoms with E-state index in [1.165, 1.54) is 11.3 Å². The molecule has 0 spiro atoms. The van der Waals surface area contributed by atoms with E-state index in [1.54, 1.807) is 25.3 Å². The van der Waals surface area contributed by atoms with E-state index >= 15 is 0 Å². The van der Waals surface area contributed by atoms with Crippen LogP contribution in [0.4, 0.5) is 5.13 Å². The number of hydrogen-bond donors (Lipinski definition) is 1. The van der Waals surface area contributed by atoms with E-state index in [-0.39, 0.29) is 12.5 Å². The molecule has 7 heteroatoms. The first-order valence-corrected chi connectivity index (χ1v) is 9.88. The summed E-state index contributed by atoms with van der Waals surface area (Å²) in [7, 11) is 1.65. The first-order valence-electron chi connectivity index (χ1n) is 8.68. The zero-order chi connectivity index (χ0) is 20.3. The summed E-state index contributed by atoms with van der Waals surface area (Å²) in [6.45, 7) is 5.75. The average molecular weight is 417 g/mol. The van der Waals surface area contributed by atoms with Crippen LogP contribution in [0.15, 0.2) is 36.4 Å². The van der Waals surface area contributed by atoms with E-state index in [1.807, 2.05) is 39.0 Å². The Morgan fingerprint density at radius 1 is 1.14 bits per heavy atom. The summed E-state index contributed by atoms with van der Waals surface area (Å²) in [5.41, 5.74) is 3.76. The molecule has 1 heterocycles. The molecule has 0 radical (unpaired) electrons. The van der Waals surface area contributed by atoms with Crippen LogP contribution in [0.5, 0.6) is 11.5 Å². The lowest BCUT2D eigenvalue weighted by atomic mass is 10.1.